The molecule has 0 amide bonds. The van der Waals surface area contributed by atoms with Crippen molar-refractivity contribution in [2.75, 3.05) is 0 Å². The van der Waals surface area contributed by atoms with Crippen LogP contribution in [0.5, 0.6) is 0 Å². The lowest BCUT2D eigenvalue weighted by Gasteiger charge is -1.94. The average Bonchev–Trinajstić information content (AvgIpc) is 2.14. The monoisotopic (exact) mass is 212 g/mol. The largest absolute Gasteiger partial charge is 0.673 e. The molecule has 1 rings (SSSR count). The van der Waals surface area contributed by atoms with Crippen molar-refractivity contribution >= 4 is 7.25 Å². The van der Waals surface area contributed by atoms with Gasteiger partial charge in [-0.05, 0) is 0 Å². The maximum Gasteiger partial charge on any atom is 0.673 e. The average molecular weight is 212 g/mol. The number of hydrogen-bond donors (Lipinski definition) is 0. The summed E-state index contributed by atoms with van der Waals surface area (Å²) in [6.45, 7) is 4.24. The lowest BCUT2D eigenvalue weighted by molar-refractivity contribution is -0.677. The Morgan fingerprint density at radius 1 is 1.21 bits per heavy atom. The molecular weight excluding hydrogens is 199 g/mol. The van der Waals surface area contributed by atoms with Gasteiger partial charge in [-0.15, -0.1) is 0 Å². The molecule has 0 aliphatic carbocycles. The van der Waals surface area contributed by atoms with E-state index in [1.165, 1.54) is 11.4 Å². The standard InChI is InChI=1S/C7H13N2.BF4/c1-6-7(2)9(4)5-8(6)3;2-1(3,4)5/h5H,1-4H3;/q+1;-1. The minimum Gasteiger partial charge on any atom is -0.418 e. The van der Waals surface area contributed by atoms with Crippen molar-refractivity contribution in [1.29, 1.82) is 0 Å². The highest BCUT2D eigenvalue weighted by molar-refractivity contribution is 6.50. The Hall–Kier alpha value is -1.01. The van der Waals surface area contributed by atoms with Crippen LogP contribution in [-0.4, -0.2) is 11.8 Å². The highest BCUT2D eigenvalue weighted by Gasteiger charge is 2.20. The molecule has 0 aliphatic heterocycles. The summed E-state index contributed by atoms with van der Waals surface area (Å²) in [6, 6.07) is 0. The van der Waals surface area contributed by atoms with Gasteiger partial charge in [0.15, 0.2) is 0 Å². The number of imidazole rings is 1. The molecule has 0 saturated heterocycles. The Morgan fingerprint density at radius 2 is 1.57 bits per heavy atom. The zero-order chi connectivity index (χ0) is 11.5. The van der Waals surface area contributed by atoms with Gasteiger partial charge < -0.3 is 17.3 Å². The number of halogens is 4. The predicted octanol–water partition coefficient (Wildman–Crippen LogP) is 1.77. The zero-order valence-electron chi connectivity index (χ0n) is 8.56. The van der Waals surface area contributed by atoms with Gasteiger partial charge in [0, 0.05) is 13.8 Å². The van der Waals surface area contributed by atoms with Gasteiger partial charge in [0.2, 0.25) is 6.33 Å². The molecule has 0 bridgehead atoms. The minimum absolute atomic E-state index is 1.33. The lowest BCUT2D eigenvalue weighted by atomic mass is 10.3. The van der Waals surface area contributed by atoms with Gasteiger partial charge in [-0.1, -0.05) is 0 Å². The number of rotatable bonds is 0. The second-order valence-corrected chi connectivity index (χ2v) is 3.00. The summed E-state index contributed by atoms with van der Waals surface area (Å²) in [6.07, 6.45) is 2.07. The summed E-state index contributed by atoms with van der Waals surface area (Å²) in [5.74, 6) is 0. The predicted molar refractivity (Wildman–Crippen MR) is 46.2 cm³/mol. The summed E-state index contributed by atoms with van der Waals surface area (Å²) in [4.78, 5) is 0. The molecule has 0 spiro atoms. The number of nitrogens with zero attached hydrogens (tertiary/aromatic N) is 2. The van der Waals surface area contributed by atoms with Crippen LogP contribution in [0.1, 0.15) is 11.4 Å². The molecule has 0 aliphatic rings. The van der Waals surface area contributed by atoms with Crippen LogP contribution in [0.4, 0.5) is 17.3 Å². The molecule has 14 heavy (non-hydrogen) atoms. The van der Waals surface area contributed by atoms with E-state index in [1.54, 1.807) is 0 Å². The van der Waals surface area contributed by atoms with Crippen LogP contribution < -0.4 is 4.57 Å². The zero-order valence-corrected chi connectivity index (χ0v) is 8.56. The maximum atomic E-state index is 9.75. The second-order valence-electron chi connectivity index (χ2n) is 3.00. The van der Waals surface area contributed by atoms with E-state index in [9.17, 15) is 17.3 Å². The molecule has 1 aromatic rings. The fraction of sp³-hybridized carbons (Fsp3) is 0.571. The van der Waals surface area contributed by atoms with Crippen molar-refractivity contribution < 1.29 is 21.8 Å². The molecule has 1 aromatic heterocycles. The van der Waals surface area contributed by atoms with Gasteiger partial charge >= 0.3 is 7.25 Å². The molecule has 0 aromatic carbocycles. The quantitative estimate of drug-likeness (QED) is 0.352. The molecular formula is C7H13BF4N2. The topological polar surface area (TPSA) is 8.81 Å². The van der Waals surface area contributed by atoms with Crippen molar-refractivity contribution in [3.8, 4) is 0 Å². The van der Waals surface area contributed by atoms with Crippen LogP contribution in [0.25, 0.3) is 0 Å². The SMILES string of the molecule is Cc1c(C)[n+](C)cn1C.F[B-](F)(F)F. The molecule has 82 valence electrons. The van der Waals surface area contributed by atoms with E-state index in [-0.39, 0.29) is 0 Å². The molecule has 1 heterocycles. The van der Waals surface area contributed by atoms with Crippen LogP contribution in [0.15, 0.2) is 6.33 Å². The smallest absolute Gasteiger partial charge is 0.418 e. The number of aromatic nitrogens is 2. The molecule has 0 atom stereocenters. The van der Waals surface area contributed by atoms with Crippen molar-refractivity contribution in [2.24, 2.45) is 14.1 Å². The summed E-state index contributed by atoms with van der Waals surface area (Å²) in [5, 5.41) is 0. The second kappa shape index (κ2) is 4.48. The highest BCUT2D eigenvalue weighted by Crippen LogP contribution is 2.06. The molecule has 0 N–H and O–H groups in total. The number of hydrogen-bond acceptors (Lipinski definition) is 0. The van der Waals surface area contributed by atoms with E-state index in [0.717, 1.165) is 0 Å². The molecule has 7 heteroatoms. The fourth-order valence-electron chi connectivity index (χ4n) is 0.943. The van der Waals surface area contributed by atoms with Crippen LogP contribution in [0.3, 0.4) is 0 Å². The maximum absolute atomic E-state index is 9.75. The fourth-order valence-corrected chi connectivity index (χ4v) is 0.943. The third-order valence-corrected chi connectivity index (χ3v) is 1.93. The van der Waals surface area contributed by atoms with E-state index < -0.39 is 7.25 Å². The van der Waals surface area contributed by atoms with Crippen LogP contribution in [-0.2, 0) is 14.1 Å². The van der Waals surface area contributed by atoms with Gasteiger partial charge in [0.1, 0.15) is 11.4 Å². The van der Waals surface area contributed by atoms with Gasteiger partial charge in [0.05, 0.1) is 14.1 Å². The van der Waals surface area contributed by atoms with Crippen molar-refractivity contribution in [3.63, 3.8) is 0 Å². The van der Waals surface area contributed by atoms with E-state index in [2.05, 4.69) is 43.4 Å². The van der Waals surface area contributed by atoms with Crippen molar-refractivity contribution in [2.45, 2.75) is 13.8 Å². The van der Waals surface area contributed by atoms with Crippen LogP contribution in [0.2, 0.25) is 0 Å². The highest BCUT2D eigenvalue weighted by atomic mass is 19.5. The minimum atomic E-state index is -6.00. The number of aryl methyl sites for hydroxylation is 2. The Balaban J connectivity index is 0.000000292. The Bertz CT molecular complexity index is 277. The first-order valence-corrected chi connectivity index (χ1v) is 3.98. The Morgan fingerprint density at radius 3 is 1.64 bits per heavy atom. The Kier molecular flexibility index (Phi) is 4.16. The van der Waals surface area contributed by atoms with Crippen LogP contribution in [0, 0.1) is 13.8 Å². The molecule has 0 fully saturated rings. The van der Waals surface area contributed by atoms with Gasteiger partial charge in [-0.3, -0.25) is 0 Å². The van der Waals surface area contributed by atoms with E-state index in [1.807, 2.05) is 0 Å². The first kappa shape index (κ1) is 13.0. The van der Waals surface area contributed by atoms with Crippen molar-refractivity contribution in [1.82, 2.24) is 4.57 Å². The summed E-state index contributed by atoms with van der Waals surface area (Å²) >= 11 is 0. The summed E-state index contributed by atoms with van der Waals surface area (Å²) < 4.78 is 43.2. The Labute approximate surface area is 80.3 Å². The molecule has 0 unspecified atom stereocenters. The van der Waals surface area contributed by atoms with Gasteiger partial charge in [-0.25, -0.2) is 9.13 Å². The molecule has 0 saturated carbocycles. The van der Waals surface area contributed by atoms with Crippen LogP contribution >= 0.6 is 0 Å². The third-order valence-electron chi connectivity index (χ3n) is 1.93. The molecule has 0 radical (unpaired) electrons. The van der Waals surface area contributed by atoms with Gasteiger partial charge in [0.25, 0.3) is 0 Å². The van der Waals surface area contributed by atoms with E-state index in [0.29, 0.717) is 0 Å². The lowest BCUT2D eigenvalue weighted by Crippen LogP contribution is -2.28. The summed E-state index contributed by atoms with van der Waals surface area (Å²) in [5.41, 5.74) is 2.66. The van der Waals surface area contributed by atoms with E-state index in [4.69, 9.17) is 0 Å². The summed E-state index contributed by atoms with van der Waals surface area (Å²) in [7, 11) is -1.88. The first-order chi connectivity index (χ1) is 6.13. The van der Waals surface area contributed by atoms with Crippen molar-refractivity contribution in [3.05, 3.63) is 17.7 Å². The van der Waals surface area contributed by atoms with E-state index >= 15 is 0 Å². The third kappa shape index (κ3) is 4.88. The first-order valence-electron chi connectivity index (χ1n) is 3.98. The normalized spacial score (nSPS) is 10.9. The van der Waals surface area contributed by atoms with Gasteiger partial charge in [-0.2, -0.15) is 0 Å². The molecule has 2 nitrogen and oxygen atoms in total.